The molecule has 0 atom stereocenters. The van der Waals surface area contributed by atoms with Gasteiger partial charge in [0.15, 0.2) is 17.5 Å². The molecule has 0 amide bonds. The van der Waals surface area contributed by atoms with Crippen LogP contribution in [0.3, 0.4) is 0 Å². The van der Waals surface area contributed by atoms with E-state index in [0.29, 0.717) is 17.5 Å². The Morgan fingerprint density at radius 3 is 1.35 bits per heavy atom. The van der Waals surface area contributed by atoms with Gasteiger partial charge in [-0.1, -0.05) is 194 Å². The molecule has 0 fully saturated rings. The third-order valence-corrected chi connectivity index (χ3v) is 12.6. The van der Waals surface area contributed by atoms with Crippen LogP contribution in [0.25, 0.3) is 83.9 Å². The summed E-state index contributed by atoms with van der Waals surface area (Å²) in [5.41, 5.74) is 15.2. The Labute approximate surface area is 360 Å². The molecule has 4 heteroatoms. The third-order valence-electron chi connectivity index (χ3n) is 12.6. The maximum atomic E-state index is 5.37. The van der Waals surface area contributed by atoms with Gasteiger partial charge in [0.25, 0.3) is 0 Å². The lowest BCUT2D eigenvalue weighted by Crippen LogP contribution is -2.28. The summed E-state index contributed by atoms with van der Waals surface area (Å²) in [6.45, 7) is 0. The van der Waals surface area contributed by atoms with Gasteiger partial charge in [-0.05, 0) is 80.9 Å². The van der Waals surface area contributed by atoms with E-state index in [-0.39, 0.29) is 0 Å². The number of aromatic nitrogens is 4. The zero-order valence-corrected chi connectivity index (χ0v) is 33.7. The summed E-state index contributed by atoms with van der Waals surface area (Å²) in [6.07, 6.45) is 0. The fourth-order valence-corrected chi connectivity index (χ4v) is 9.84. The van der Waals surface area contributed by atoms with Gasteiger partial charge in [-0.15, -0.1) is 0 Å². The Bertz CT molecular complexity index is 3340. The second kappa shape index (κ2) is 14.5. The molecule has 0 saturated heterocycles. The molecule has 12 rings (SSSR count). The molecule has 9 aromatic carbocycles. The van der Waals surface area contributed by atoms with Crippen LogP contribution in [0.5, 0.6) is 0 Å². The van der Waals surface area contributed by atoms with Gasteiger partial charge >= 0.3 is 0 Å². The van der Waals surface area contributed by atoms with Crippen molar-refractivity contribution in [2.24, 2.45) is 0 Å². The number of hydrogen-bond donors (Lipinski definition) is 0. The SMILES string of the molecule is c1ccc(-c2ccc(-c3nc(-c4ccc(-n5c6ccccc6c6ccccc65)cc4)nc(-c4cccc5c4-c4ccccc4C5(c4ccccc4)c4ccccc4)n3)cc2)cc1. The minimum atomic E-state index is -0.543. The molecule has 2 heterocycles. The van der Waals surface area contributed by atoms with Gasteiger partial charge in [0.2, 0.25) is 0 Å². The predicted octanol–water partition coefficient (Wildman–Crippen LogP) is 14.0. The molecular weight excluding hydrogens is 753 g/mol. The molecule has 0 N–H and O–H groups in total. The number of rotatable bonds is 7. The second-order valence-corrected chi connectivity index (χ2v) is 15.9. The largest absolute Gasteiger partial charge is 0.309 e. The molecular formula is C58H38N4. The van der Waals surface area contributed by atoms with E-state index in [1.165, 1.54) is 55.2 Å². The molecule has 2 aromatic heterocycles. The summed E-state index contributed by atoms with van der Waals surface area (Å²) < 4.78 is 2.34. The summed E-state index contributed by atoms with van der Waals surface area (Å²) in [6, 6.07) is 82.1. The summed E-state index contributed by atoms with van der Waals surface area (Å²) in [5.74, 6) is 1.87. The van der Waals surface area contributed by atoms with Gasteiger partial charge in [-0.2, -0.15) is 0 Å². The van der Waals surface area contributed by atoms with Crippen molar-refractivity contribution >= 4 is 21.8 Å². The molecule has 0 bridgehead atoms. The number of hydrogen-bond acceptors (Lipinski definition) is 3. The molecule has 290 valence electrons. The van der Waals surface area contributed by atoms with E-state index in [2.05, 4.69) is 229 Å². The first kappa shape index (κ1) is 35.7. The van der Waals surface area contributed by atoms with Crippen molar-refractivity contribution in [3.05, 3.63) is 253 Å². The molecule has 0 saturated carbocycles. The van der Waals surface area contributed by atoms with Crippen molar-refractivity contribution in [2.75, 3.05) is 0 Å². The van der Waals surface area contributed by atoms with Gasteiger partial charge in [0, 0.05) is 33.2 Å². The summed E-state index contributed by atoms with van der Waals surface area (Å²) >= 11 is 0. The Morgan fingerprint density at radius 1 is 0.306 bits per heavy atom. The van der Waals surface area contributed by atoms with Crippen LogP contribution >= 0.6 is 0 Å². The number of para-hydroxylation sites is 2. The van der Waals surface area contributed by atoms with Gasteiger partial charge in [0.05, 0.1) is 16.4 Å². The lowest BCUT2D eigenvalue weighted by atomic mass is 9.67. The van der Waals surface area contributed by atoms with Crippen LogP contribution < -0.4 is 0 Å². The van der Waals surface area contributed by atoms with Crippen molar-refractivity contribution in [1.29, 1.82) is 0 Å². The highest BCUT2D eigenvalue weighted by atomic mass is 15.0. The summed E-state index contributed by atoms with van der Waals surface area (Å²) in [7, 11) is 0. The molecule has 0 radical (unpaired) electrons. The highest BCUT2D eigenvalue weighted by molar-refractivity contribution is 6.09. The van der Waals surface area contributed by atoms with Crippen molar-refractivity contribution in [1.82, 2.24) is 19.5 Å². The van der Waals surface area contributed by atoms with Crippen LogP contribution in [0, 0.1) is 0 Å². The zero-order valence-electron chi connectivity index (χ0n) is 33.7. The van der Waals surface area contributed by atoms with Crippen LogP contribution in [-0.2, 0) is 5.41 Å². The van der Waals surface area contributed by atoms with E-state index in [9.17, 15) is 0 Å². The summed E-state index contributed by atoms with van der Waals surface area (Å²) in [4.78, 5) is 15.9. The first-order chi connectivity index (χ1) is 30.8. The Hall–Kier alpha value is -8.21. The van der Waals surface area contributed by atoms with Gasteiger partial charge in [0.1, 0.15) is 0 Å². The monoisotopic (exact) mass is 790 g/mol. The smallest absolute Gasteiger partial charge is 0.164 e. The molecule has 1 aliphatic rings. The highest BCUT2D eigenvalue weighted by Gasteiger charge is 2.47. The highest BCUT2D eigenvalue weighted by Crippen LogP contribution is 2.58. The van der Waals surface area contributed by atoms with E-state index >= 15 is 0 Å². The molecule has 0 spiro atoms. The van der Waals surface area contributed by atoms with Crippen molar-refractivity contribution in [2.45, 2.75) is 5.41 Å². The number of benzene rings is 9. The van der Waals surface area contributed by atoms with E-state index in [4.69, 9.17) is 15.0 Å². The lowest BCUT2D eigenvalue weighted by molar-refractivity contribution is 0.768. The fourth-order valence-electron chi connectivity index (χ4n) is 9.84. The second-order valence-electron chi connectivity index (χ2n) is 15.9. The van der Waals surface area contributed by atoms with Gasteiger partial charge in [-0.3, -0.25) is 0 Å². The topological polar surface area (TPSA) is 43.6 Å². The van der Waals surface area contributed by atoms with Crippen LogP contribution in [-0.4, -0.2) is 19.5 Å². The molecule has 0 unspecified atom stereocenters. The average Bonchev–Trinajstić information content (AvgIpc) is 3.86. The van der Waals surface area contributed by atoms with Crippen LogP contribution in [0.15, 0.2) is 231 Å². The van der Waals surface area contributed by atoms with E-state index in [1.54, 1.807) is 0 Å². The third kappa shape index (κ3) is 5.58. The normalized spacial score (nSPS) is 12.6. The summed E-state index contributed by atoms with van der Waals surface area (Å²) in [5, 5.41) is 2.47. The maximum absolute atomic E-state index is 5.37. The van der Waals surface area contributed by atoms with E-state index in [1.807, 2.05) is 6.07 Å². The first-order valence-corrected chi connectivity index (χ1v) is 21.1. The Kier molecular flexibility index (Phi) is 8.36. The average molecular weight is 791 g/mol. The fraction of sp³-hybridized carbons (Fsp3) is 0.0172. The van der Waals surface area contributed by atoms with Crippen molar-refractivity contribution in [3.8, 4) is 62.1 Å². The van der Waals surface area contributed by atoms with Crippen LogP contribution in [0.4, 0.5) is 0 Å². The van der Waals surface area contributed by atoms with Gasteiger partial charge in [-0.25, -0.2) is 15.0 Å². The zero-order chi connectivity index (χ0) is 41.0. The minimum absolute atomic E-state index is 0.543. The van der Waals surface area contributed by atoms with Gasteiger partial charge < -0.3 is 4.57 Å². The maximum Gasteiger partial charge on any atom is 0.164 e. The molecule has 0 aliphatic heterocycles. The van der Waals surface area contributed by atoms with Crippen LogP contribution in [0.1, 0.15) is 22.3 Å². The quantitative estimate of drug-likeness (QED) is 0.161. The Balaban J connectivity index is 1.06. The predicted molar refractivity (Wildman–Crippen MR) is 253 cm³/mol. The standard InChI is InChI=1S/C58H38N4/c1-4-17-39(18-5-1)40-31-33-41(34-32-40)55-59-56(42-35-37-45(38-36-42)62-52-29-14-11-23-46(52)47-24-12-15-30-53(47)62)61-57(60-55)49-26-16-28-51-54(49)48-25-10-13-27-50(48)58(51,43-19-6-2-7-20-43)44-21-8-3-9-22-44/h1-38H. The minimum Gasteiger partial charge on any atom is -0.309 e. The molecule has 62 heavy (non-hydrogen) atoms. The molecule has 4 nitrogen and oxygen atoms in total. The Morgan fingerprint density at radius 2 is 0.742 bits per heavy atom. The molecule has 11 aromatic rings. The first-order valence-electron chi connectivity index (χ1n) is 21.1. The van der Waals surface area contributed by atoms with Crippen molar-refractivity contribution in [3.63, 3.8) is 0 Å². The van der Waals surface area contributed by atoms with Crippen LogP contribution in [0.2, 0.25) is 0 Å². The number of nitrogens with zero attached hydrogens (tertiary/aromatic N) is 4. The van der Waals surface area contributed by atoms with Crippen molar-refractivity contribution < 1.29 is 0 Å². The lowest BCUT2D eigenvalue weighted by Gasteiger charge is -2.33. The molecule has 1 aliphatic carbocycles. The van der Waals surface area contributed by atoms with E-state index < -0.39 is 5.41 Å². The number of fused-ring (bicyclic) bond motifs is 6. The van der Waals surface area contributed by atoms with E-state index in [0.717, 1.165) is 33.5 Å².